The Morgan fingerprint density at radius 2 is 1.68 bits per heavy atom. The Bertz CT molecular complexity index is 1590. The molecule has 4 rings (SSSR count). The molecule has 1 heterocycles. The zero-order valence-corrected chi connectivity index (χ0v) is 26.9. The number of benzene rings is 3. The highest BCUT2D eigenvalue weighted by Crippen LogP contribution is 2.41. The van der Waals surface area contributed by atoms with Crippen LogP contribution in [0.1, 0.15) is 31.9 Å². The number of hydrogen-bond acceptors (Lipinski definition) is 9. The lowest BCUT2D eigenvalue weighted by molar-refractivity contribution is -0.161. The van der Waals surface area contributed by atoms with Crippen LogP contribution in [0.5, 0.6) is 5.75 Å². The van der Waals surface area contributed by atoms with E-state index >= 15 is 0 Å². The van der Waals surface area contributed by atoms with Crippen molar-refractivity contribution in [1.29, 1.82) is 0 Å². The minimum atomic E-state index is -3.91. The molecule has 0 aromatic heterocycles. The molecule has 44 heavy (non-hydrogen) atoms. The smallest absolute Gasteiger partial charge is 0.333 e. The van der Waals surface area contributed by atoms with E-state index < -0.39 is 38.2 Å². The van der Waals surface area contributed by atoms with Gasteiger partial charge in [-0.25, -0.2) is 13.2 Å². The molecule has 0 saturated carbocycles. The first-order valence-corrected chi connectivity index (χ1v) is 17.1. The predicted octanol–water partition coefficient (Wildman–Crippen LogP) is 5.31. The van der Waals surface area contributed by atoms with Crippen molar-refractivity contribution in [2.75, 3.05) is 25.1 Å². The van der Waals surface area contributed by atoms with Crippen molar-refractivity contribution in [3.63, 3.8) is 0 Å². The zero-order chi connectivity index (χ0) is 31.9. The van der Waals surface area contributed by atoms with Gasteiger partial charge in [-0.2, -0.15) is 0 Å². The minimum Gasteiger partial charge on any atom is -0.497 e. The third kappa shape index (κ3) is 7.51. The number of likely N-dealkylation sites (tertiary alicyclic amines) is 1. The maximum atomic E-state index is 13.6. The molecule has 1 amide bonds. The van der Waals surface area contributed by atoms with Gasteiger partial charge < -0.3 is 19.3 Å². The number of aliphatic imine (C=N–C) groups is 1. The SMILES string of the molecule is C=C(C)C(C(=O)OCc1ccc(OC)cc1)N1C(=O)C(N=Cc2ccc(N(CC)CC)cc2)C1SS(=O)(=O)c1ccccc1. The lowest BCUT2D eigenvalue weighted by atomic mass is 9.99. The van der Waals surface area contributed by atoms with Crippen molar-refractivity contribution in [3.05, 3.63) is 102 Å². The minimum absolute atomic E-state index is 0.0418. The fraction of sp³-hybridized carbons (Fsp3) is 0.303. The number of ether oxygens (including phenoxy) is 2. The standard InChI is InChI=1S/C33H37N3O6S2/c1-6-35(7-2)26-17-13-24(14-18-26)21-34-29-31(37)36(32(29)43-44(39,40)28-11-9-8-10-12-28)30(23(3)4)33(38)42-22-25-15-19-27(41-5)20-16-25/h8-21,29-30,32H,3,6-7,22H2,1-2,4-5H3. The summed E-state index contributed by atoms with van der Waals surface area (Å²) >= 11 is 0. The largest absolute Gasteiger partial charge is 0.497 e. The van der Waals surface area contributed by atoms with Crippen LogP contribution in [-0.2, 0) is 29.8 Å². The van der Waals surface area contributed by atoms with Crippen molar-refractivity contribution in [1.82, 2.24) is 4.90 Å². The van der Waals surface area contributed by atoms with Crippen LogP contribution in [0.3, 0.4) is 0 Å². The van der Waals surface area contributed by atoms with Crippen molar-refractivity contribution >= 4 is 43.4 Å². The average molecular weight is 636 g/mol. The molecule has 0 spiro atoms. The predicted molar refractivity (Wildman–Crippen MR) is 175 cm³/mol. The Morgan fingerprint density at radius 3 is 2.25 bits per heavy atom. The number of rotatable bonds is 14. The number of amides is 1. The summed E-state index contributed by atoms with van der Waals surface area (Å²) in [7, 11) is -1.77. The monoisotopic (exact) mass is 635 g/mol. The zero-order valence-electron chi connectivity index (χ0n) is 25.3. The van der Waals surface area contributed by atoms with Crippen LogP contribution in [0.2, 0.25) is 0 Å². The number of methoxy groups -OCH3 is 1. The molecular formula is C33H37N3O6S2. The van der Waals surface area contributed by atoms with E-state index in [0.717, 1.165) is 29.9 Å². The molecule has 1 saturated heterocycles. The highest BCUT2D eigenvalue weighted by Gasteiger charge is 2.55. The van der Waals surface area contributed by atoms with Gasteiger partial charge in [-0.1, -0.05) is 49.0 Å². The first kappa shape index (κ1) is 32.8. The molecule has 232 valence electrons. The van der Waals surface area contributed by atoms with Crippen LogP contribution in [0, 0.1) is 0 Å². The summed E-state index contributed by atoms with van der Waals surface area (Å²) in [6, 6.07) is 20.5. The lowest BCUT2D eigenvalue weighted by Gasteiger charge is -2.47. The molecule has 9 nitrogen and oxygen atoms in total. The van der Waals surface area contributed by atoms with E-state index in [-0.39, 0.29) is 11.5 Å². The fourth-order valence-electron chi connectivity index (χ4n) is 4.79. The summed E-state index contributed by atoms with van der Waals surface area (Å²) in [5.41, 5.74) is 2.90. The van der Waals surface area contributed by atoms with Gasteiger partial charge in [-0.3, -0.25) is 9.79 Å². The van der Waals surface area contributed by atoms with Crippen molar-refractivity contribution in [2.24, 2.45) is 4.99 Å². The molecule has 11 heteroatoms. The van der Waals surface area contributed by atoms with Gasteiger partial charge in [-0.05, 0) is 73.9 Å². The van der Waals surface area contributed by atoms with Gasteiger partial charge in [0.25, 0.3) is 5.91 Å². The number of carbonyl (C=O) groups is 2. The van der Waals surface area contributed by atoms with E-state index in [0.29, 0.717) is 22.1 Å². The summed E-state index contributed by atoms with van der Waals surface area (Å²) in [5, 5.41) is -0.992. The van der Waals surface area contributed by atoms with Crippen LogP contribution < -0.4 is 9.64 Å². The third-order valence-electron chi connectivity index (χ3n) is 7.22. The number of nitrogens with zero attached hydrogens (tertiary/aromatic N) is 3. The van der Waals surface area contributed by atoms with Crippen molar-refractivity contribution < 1.29 is 27.5 Å². The number of esters is 1. The molecule has 3 aromatic carbocycles. The molecule has 1 aliphatic heterocycles. The molecule has 3 unspecified atom stereocenters. The van der Waals surface area contributed by atoms with Crippen molar-refractivity contribution in [2.45, 2.75) is 49.7 Å². The van der Waals surface area contributed by atoms with Gasteiger partial charge in [0.05, 0.1) is 12.0 Å². The van der Waals surface area contributed by atoms with Gasteiger partial charge in [0.2, 0.25) is 8.87 Å². The molecule has 0 radical (unpaired) electrons. The summed E-state index contributed by atoms with van der Waals surface area (Å²) in [6.45, 7) is 11.4. The van der Waals surface area contributed by atoms with Crippen LogP contribution in [0.15, 0.2) is 101 Å². The Morgan fingerprint density at radius 1 is 1.05 bits per heavy atom. The highest BCUT2D eigenvalue weighted by molar-refractivity contribution is 8.72. The summed E-state index contributed by atoms with van der Waals surface area (Å²) in [6.07, 6.45) is 1.56. The Balaban J connectivity index is 1.59. The van der Waals surface area contributed by atoms with E-state index in [2.05, 4.69) is 30.3 Å². The average Bonchev–Trinajstić information content (AvgIpc) is 3.03. The van der Waals surface area contributed by atoms with Gasteiger partial charge >= 0.3 is 5.97 Å². The van der Waals surface area contributed by atoms with E-state index in [1.165, 1.54) is 17.0 Å². The van der Waals surface area contributed by atoms with Gasteiger partial charge in [-0.15, -0.1) is 0 Å². The second-order valence-corrected chi connectivity index (χ2v) is 14.1. The van der Waals surface area contributed by atoms with Gasteiger partial charge in [0.1, 0.15) is 17.7 Å². The molecule has 0 bridgehead atoms. The van der Waals surface area contributed by atoms with Crippen LogP contribution in [0.25, 0.3) is 0 Å². The van der Waals surface area contributed by atoms with E-state index in [1.807, 2.05) is 24.3 Å². The molecule has 0 aliphatic carbocycles. The molecule has 1 aliphatic rings. The first-order valence-electron chi connectivity index (χ1n) is 14.2. The topological polar surface area (TPSA) is 106 Å². The Labute approximate surface area is 262 Å². The molecule has 0 N–H and O–H groups in total. The molecular weight excluding hydrogens is 599 g/mol. The summed E-state index contributed by atoms with van der Waals surface area (Å²) in [5.74, 6) is -0.535. The quantitative estimate of drug-likeness (QED) is 0.0772. The summed E-state index contributed by atoms with van der Waals surface area (Å²) < 4.78 is 37.6. The molecule has 3 aromatic rings. The lowest BCUT2D eigenvalue weighted by Crippen LogP contribution is -2.67. The maximum Gasteiger partial charge on any atom is 0.333 e. The molecule has 1 fully saturated rings. The van der Waals surface area contributed by atoms with Gasteiger partial charge in [0, 0.05) is 35.8 Å². The van der Waals surface area contributed by atoms with E-state index in [1.54, 1.807) is 62.7 Å². The van der Waals surface area contributed by atoms with Crippen LogP contribution >= 0.6 is 10.8 Å². The van der Waals surface area contributed by atoms with Crippen LogP contribution in [0.4, 0.5) is 5.69 Å². The second kappa shape index (κ2) is 14.6. The number of carbonyl (C=O) groups excluding carboxylic acids is 2. The third-order valence-corrected chi connectivity index (χ3v) is 10.9. The van der Waals surface area contributed by atoms with Crippen LogP contribution in [-0.4, -0.2) is 69.1 Å². The summed E-state index contributed by atoms with van der Waals surface area (Å²) in [4.78, 5) is 35.0. The molecule has 3 atom stereocenters. The maximum absolute atomic E-state index is 13.6. The normalized spacial score (nSPS) is 17.2. The fourth-order valence-corrected chi connectivity index (χ4v) is 8.30. The highest BCUT2D eigenvalue weighted by atomic mass is 33.1. The Kier molecular flexibility index (Phi) is 10.9. The Hall–Kier alpha value is -4.09. The number of hydrogen-bond donors (Lipinski definition) is 0. The van der Waals surface area contributed by atoms with Crippen molar-refractivity contribution in [3.8, 4) is 5.75 Å². The first-order chi connectivity index (χ1) is 21.1. The van der Waals surface area contributed by atoms with Gasteiger partial charge in [0.15, 0.2) is 12.1 Å². The van der Waals surface area contributed by atoms with E-state index in [4.69, 9.17) is 9.47 Å². The number of β-lactam (4-membered cyclic amide) rings is 1. The second-order valence-electron chi connectivity index (χ2n) is 10.2. The number of anilines is 1. The van der Waals surface area contributed by atoms with E-state index in [9.17, 15) is 18.0 Å².